The van der Waals surface area contributed by atoms with Gasteiger partial charge >= 0.3 is 6.03 Å². The van der Waals surface area contributed by atoms with Gasteiger partial charge in [-0.15, -0.1) is 0 Å². The Morgan fingerprint density at radius 2 is 2.15 bits per heavy atom. The van der Waals surface area contributed by atoms with Crippen LogP contribution in [0.1, 0.15) is 18.9 Å². The van der Waals surface area contributed by atoms with E-state index in [2.05, 4.69) is 21.2 Å². The van der Waals surface area contributed by atoms with Crippen LogP contribution in [-0.2, 0) is 4.79 Å². The number of benzene rings is 1. The number of amides is 3. The maximum Gasteiger partial charge on any atom is 0.329 e. The second-order valence-corrected chi connectivity index (χ2v) is 5.56. The Morgan fingerprint density at radius 3 is 2.80 bits per heavy atom. The van der Waals surface area contributed by atoms with Gasteiger partial charge in [-0.25, -0.2) is 4.79 Å². The molecule has 2 rings (SSSR count). The average molecular weight is 360 g/mol. The molecule has 3 amide bonds. The summed E-state index contributed by atoms with van der Waals surface area (Å²) >= 11 is 9.06. The number of carbonyl (C=O) groups is 2. The number of nitrogens with one attached hydrogen (secondary N) is 1. The number of halogens is 2. The zero-order valence-electron chi connectivity index (χ0n) is 10.6. The molecule has 1 fully saturated rings. The van der Waals surface area contributed by atoms with Crippen LogP contribution >= 0.6 is 27.5 Å². The number of carbonyl (C=O) groups excluding carboxylic acids is 2. The van der Waals surface area contributed by atoms with Crippen LogP contribution in [-0.4, -0.2) is 28.5 Å². The first-order valence-corrected chi connectivity index (χ1v) is 7.13. The number of phenols is 1. The van der Waals surface area contributed by atoms with Gasteiger partial charge in [0.1, 0.15) is 11.4 Å². The van der Waals surface area contributed by atoms with E-state index in [-0.39, 0.29) is 11.4 Å². The topological polar surface area (TPSA) is 69.6 Å². The van der Waals surface area contributed by atoms with Gasteiger partial charge in [0.2, 0.25) is 0 Å². The van der Waals surface area contributed by atoms with Crippen molar-refractivity contribution in [1.29, 1.82) is 0 Å². The van der Waals surface area contributed by atoms with Gasteiger partial charge in [0.15, 0.2) is 0 Å². The highest BCUT2D eigenvalue weighted by atomic mass is 79.9. The first kappa shape index (κ1) is 14.9. The van der Waals surface area contributed by atoms with Crippen molar-refractivity contribution in [1.82, 2.24) is 10.2 Å². The highest BCUT2D eigenvalue weighted by Gasteiger charge is 2.32. The van der Waals surface area contributed by atoms with Crippen molar-refractivity contribution in [2.45, 2.75) is 13.3 Å². The molecule has 0 spiro atoms. The van der Waals surface area contributed by atoms with Crippen LogP contribution < -0.4 is 5.32 Å². The van der Waals surface area contributed by atoms with Crippen LogP contribution in [0.4, 0.5) is 4.79 Å². The van der Waals surface area contributed by atoms with E-state index in [4.69, 9.17) is 11.6 Å². The number of nitrogens with zero attached hydrogens (tertiary/aromatic N) is 1. The molecule has 0 bridgehead atoms. The van der Waals surface area contributed by atoms with Crippen LogP contribution in [0.25, 0.3) is 6.08 Å². The smallest absolute Gasteiger partial charge is 0.329 e. The quantitative estimate of drug-likeness (QED) is 0.643. The fourth-order valence-electron chi connectivity index (χ4n) is 1.85. The first-order valence-electron chi connectivity index (χ1n) is 5.96. The van der Waals surface area contributed by atoms with Gasteiger partial charge in [-0.3, -0.25) is 9.69 Å². The molecule has 0 saturated carbocycles. The lowest BCUT2D eigenvalue weighted by molar-refractivity contribution is -0.122. The lowest BCUT2D eigenvalue weighted by atomic mass is 10.1. The molecule has 1 aromatic rings. The zero-order chi connectivity index (χ0) is 14.9. The van der Waals surface area contributed by atoms with E-state index in [0.717, 1.165) is 4.90 Å². The second-order valence-electron chi connectivity index (χ2n) is 4.27. The Labute approximate surface area is 129 Å². The maximum atomic E-state index is 12.0. The molecule has 1 aliphatic heterocycles. The van der Waals surface area contributed by atoms with Crippen LogP contribution in [0.2, 0.25) is 5.02 Å². The highest BCUT2D eigenvalue weighted by molar-refractivity contribution is 9.10. The van der Waals surface area contributed by atoms with E-state index in [1.807, 2.05) is 6.92 Å². The molecule has 7 heteroatoms. The Bertz CT molecular complexity index is 616. The predicted molar refractivity (Wildman–Crippen MR) is 79.3 cm³/mol. The van der Waals surface area contributed by atoms with Crippen LogP contribution in [0.15, 0.2) is 22.3 Å². The number of hydrogen-bond acceptors (Lipinski definition) is 3. The summed E-state index contributed by atoms with van der Waals surface area (Å²) < 4.78 is 0.416. The molecule has 1 aromatic carbocycles. The van der Waals surface area contributed by atoms with Gasteiger partial charge < -0.3 is 10.4 Å². The average Bonchev–Trinajstić information content (AvgIpc) is 2.63. The molecule has 0 radical (unpaired) electrons. The lowest BCUT2D eigenvalue weighted by Gasteiger charge is -2.08. The normalized spacial score (nSPS) is 16.9. The van der Waals surface area contributed by atoms with E-state index in [0.29, 0.717) is 28.0 Å². The van der Waals surface area contributed by atoms with Gasteiger partial charge in [-0.05, 0) is 40.6 Å². The van der Waals surface area contributed by atoms with E-state index < -0.39 is 11.9 Å². The van der Waals surface area contributed by atoms with E-state index >= 15 is 0 Å². The predicted octanol–water partition coefficient (Wildman–Crippen LogP) is 3.11. The van der Waals surface area contributed by atoms with E-state index in [1.165, 1.54) is 18.2 Å². The summed E-state index contributed by atoms with van der Waals surface area (Å²) in [7, 11) is 0. The van der Waals surface area contributed by atoms with Crippen molar-refractivity contribution in [2.75, 3.05) is 6.54 Å². The summed E-state index contributed by atoms with van der Waals surface area (Å²) in [6.45, 7) is 2.23. The molecule has 2 N–H and O–H groups in total. The minimum absolute atomic E-state index is 0.0436. The lowest BCUT2D eigenvalue weighted by Crippen LogP contribution is -2.31. The Hall–Kier alpha value is -1.53. The number of imide groups is 1. The Kier molecular flexibility index (Phi) is 4.35. The van der Waals surface area contributed by atoms with Crippen LogP contribution in [0, 0.1) is 0 Å². The van der Waals surface area contributed by atoms with Crippen molar-refractivity contribution in [3.8, 4) is 5.75 Å². The SMILES string of the molecule is CCCN1C(=O)N/C(=C/c2cc(Cl)cc(Br)c2O)C1=O. The van der Waals surface area contributed by atoms with Crippen LogP contribution in [0.3, 0.4) is 0 Å². The van der Waals surface area contributed by atoms with Crippen molar-refractivity contribution < 1.29 is 14.7 Å². The van der Waals surface area contributed by atoms with Gasteiger partial charge in [0.25, 0.3) is 5.91 Å². The third-order valence-electron chi connectivity index (χ3n) is 2.77. The molecule has 1 saturated heterocycles. The van der Waals surface area contributed by atoms with Gasteiger partial charge in [-0.2, -0.15) is 0 Å². The van der Waals surface area contributed by atoms with Crippen molar-refractivity contribution in [3.63, 3.8) is 0 Å². The number of rotatable bonds is 3. The third kappa shape index (κ3) is 2.81. The summed E-state index contributed by atoms with van der Waals surface area (Å²) in [5, 5.41) is 12.8. The highest BCUT2D eigenvalue weighted by Crippen LogP contribution is 2.33. The van der Waals surface area contributed by atoms with Gasteiger partial charge in [0, 0.05) is 17.1 Å². The first-order chi connectivity index (χ1) is 9.43. The minimum atomic E-state index is -0.455. The molecule has 20 heavy (non-hydrogen) atoms. The minimum Gasteiger partial charge on any atom is -0.506 e. The molecule has 1 heterocycles. The number of aromatic hydroxyl groups is 1. The van der Waals surface area contributed by atoms with Crippen LogP contribution in [0.5, 0.6) is 5.75 Å². The maximum absolute atomic E-state index is 12.0. The second kappa shape index (κ2) is 5.85. The van der Waals surface area contributed by atoms with Gasteiger partial charge in [-0.1, -0.05) is 18.5 Å². The molecule has 1 aliphatic rings. The third-order valence-corrected chi connectivity index (χ3v) is 3.59. The van der Waals surface area contributed by atoms with Crippen molar-refractivity contribution in [3.05, 3.63) is 32.9 Å². The molecule has 0 aliphatic carbocycles. The zero-order valence-corrected chi connectivity index (χ0v) is 13.0. The van der Waals surface area contributed by atoms with Crippen molar-refractivity contribution in [2.24, 2.45) is 0 Å². The molecule has 0 atom stereocenters. The monoisotopic (exact) mass is 358 g/mol. The molecular formula is C13H12BrClN2O3. The Balaban J connectivity index is 2.38. The largest absolute Gasteiger partial charge is 0.506 e. The van der Waals surface area contributed by atoms with E-state index in [9.17, 15) is 14.7 Å². The molecular weight excluding hydrogens is 348 g/mol. The number of urea groups is 1. The summed E-state index contributed by atoms with van der Waals surface area (Å²) in [5.41, 5.74) is 0.472. The van der Waals surface area contributed by atoms with E-state index in [1.54, 1.807) is 0 Å². The molecule has 5 nitrogen and oxygen atoms in total. The summed E-state index contributed by atoms with van der Waals surface area (Å²) in [5.74, 6) is -0.453. The number of hydrogen-bond donors (Lipinski definition) is 2. The molecule has 106 valence electrons. The molecule has 0 unspecified atom stereocenters. The number of phenolic OH excluding ortho intramolecular Hbond substituents is 1. The fourth-order valence-corrected chi connectivity index (χ4v) is 2.68. The fraction of sp³-hybridized carbons (Fsp3) is 0.231. The summed E-state index contributed by atoms with van der Waals surface area (Å²) in [6, 6.07) is 2.59. The molecule has 0 aromatic heterocycles. The summed E-state index contributed by atoms with van der Waals surface area (Å²) in [4.78, 5) is 24.8. The van der Waals surface area contributed by atoms with Crippen molar-refractivity contribution >= 4 is 45.5 Å². The summed E-state index contributed by atoms with van der Waals surface area (Å²) in [6.07, 6.45) is 2.09. The standard InChI is InChI=1S/C13H12BrClN2O3/c1-2-3-17-12(19)10(16-13(17)20)5-7-4-8(15)6-9(14)11(7)18/h4-6,18H,2-3H2,1H3,(H,16,20)/b10-5+. The van der Waals surface area contributed by atoms with Gasteiger partial charge in [0.05, 0.1) is 4.47 Å². The Morgan fingerprint density at radius 1 is 1.45 bits per heavy atom.